The van der Waals surface area contributed by atoms with Crippen LogP contribution in [-0.2, 0) is 9.63 Å². The molecule has 2 rings (SSSR count). The van der Waals surface area contributed by atoms with Gasteiger partial charge in [0.1, 0.15) is 0 Å². The highest BCUT2D eigenvalue weighted by Gasteiger charge is 2.47. The van der Waals surface area contributed by atoms with Crippen LogP contribution in [0.4, 0.5) is 0 Å². The van der Waals surface area contributed by atoms with Crippen molar-refractivity contribution < 1.29 is 9.63 Å². The minimum Gasteiger partial charge on any atom is -0.303 e. The maximum absolute atomic E-state index is 11.3. The molecule has 0 spiro atoms. The second-order valence-electron chi connectivity index (χ2n) is 3.46. The highest BCUT2D eigenvalue weighted by Crippen LogP contribution is 2.40. The smallest absolute Gasteiger partial charge is 0.260 e. The molecule has 68 valence electrons. The summed E-state index contributed by atoms with van der Waals surface area (Å²) in [6.07, 6.45) is 2.22. The molecule has 1 saturated heterocycles. The molecule has 4 heteroatoms. The maximum Gasteiger partial charge on any atom is 0.260 e. The lowest BCUT2D eigenvalue weighted by Crippen LogP contribution is -2.42. The van der Waals surface area contributed by atoms with E-state index in [0.717, 1.165) is 12.3 Å². The van der Waals surface area contributed by atoms with Crippen molar-refractivity contribution in [1.82, 2.24) is 10.8 Å². The summed E-state index contributed by atoms with van der Waals surface area (Å²) >= 11 is 0. The summed E-state index contributed by atoms with van der Waals surface area (Å²) in [5.41, 5.74) is 2.41. The standard InChI is InChI=1S/C8H14N2O2/c1-2-12-10-8(11)7-4-5-3-6(5)9-7/h5-7,9H,2-4H2,1H3,(H,10,11)/t5-,6-,7+/m1/s1. The average Bonchev–Trinajstić information content (AvgIpc) is 2.69. The number of rotatable bonds is 3. The van der Waals surface area contributed by atoms with Gasteiger partial charge in [0.15, 0.2) is 0 Å². The molecule has 2 fully saturated rings. The monoisotopic (exact) mass is 170 g/mol. The van der Waals surface area contributed by atoms with Crippen molar-refractivity contribution in [2.45, 2.75) is 31.8 Å². The van der Waals surface area contributed by atoms with E-state index in [0.29, 0.717) is 12.6 Å². The van der Waals surface area contributed by atoms with Gasteiger partial charge >= 0.3 is 0 Å². The Kier molecular flexibility index (Phi) is 2.02. The fourth-order valence-electron chi connectivity index (χ4n) is 1.74. The van der Waals surface area contributed by atoms with Crippen molar-refractivity contribution in [1.29, 1.82) is 0 Å². The Morgan fingerprint density at radius 1 is 1.67 bits per heavy atom. The van der Waals surface area contributed by atoms with Gasteiger partial charge in [0, 0.05) is 6.04 Å². The summed E-state index contributed by atoms with van der Waals surface area (Å²) in [4.78, 5) is 16.1. The third-order valence-corrected chi connectivity index (χ3v) is 2.51. The molecule has 1 heterocycles. The zero-order chi connectivity index (χ0) is 8.55. The van der Waals surface area contributed by atoms with Crippen molar-refractivity contribution in [3.05, 3.63) is 0 Å². The summed E-state index contributed by atoms with van der Waals surface area (Å²) in [7, 11) is 0. The highest BCUT2D eigenvalue weighted by molar-refractivity contribution is 5.81. The number of carbonyl (C=O) groups is 1. The largest absolute Gasteiger partial charge is 0.303 e. The second-order valence-corrected chi connectivity index (χ2v) is 3.46. The second kappa shape index (κ2) is 3.03. The van der Waals surface area contributed by atoms with Crippen LogP contribution in [-0.4, -0.2) is 24.6 Å². The van der Waals surface area contributed by atoms with Crippen molar-refractivity contribution >= 4 is 5.91 Å². The zero-order valence-corrected chi connectivity index (χ0v) is 7.17. The number of hydrogen-bond acceptors (Lipinski definition) is 3. The molecule has 0 aromatic carbocycles. The number of nitrogens with one attached hydrogen (secondary N) is 2. The number of piperidine rings is 1. The average molecular weight is 170 g/mol. The van der Waals surface area contributed by atoms with Gasteiger partial charge in [-0.2, -0.15) is 0 Å². The van der Waals surface area contributed by atoms with Crippen LogP contribution in [0.1, 0.15) is 19.8 Å². The van der Waals surface area contributed by atoms with E-state index in [4.69, 9.17) is 4.84 Å². The van der Waals surface area contributed by atoms with Gasteiger partial charge < -0.3 is 5.32 Å². The first-order valence-electron chi connectivity index (χ1n) is 4.49. The Hall–Kier alpha value is -0.610. The Bertz CT molecular complexity index is 185. The van der Waals surface area contributed by atoms with Crippen LogP contribution in [0, 0.1) is 5.92 Å². The van der Waals surface area contributed by atoms with Crippen LogP contribution in [0.15, 0.2) is 0 Å². The Morgan fingerprint density at radius 3 is 3.08 bits per heavy atom. The quantitative estimate of drug-likeness (QED) is 0.577. The van der Waals surface area contributed by atoms with Crippen LogP contribution >= 0.6 is 0 Å². The Balaban J connectivity index is 1.73. The molecule has 1 aliphatic carbocycles. The van der Waals surface area contributed by atoms with E-state index in [1.165, 1.54) is 6.42 Å². The van der Waals surface area contributed by atoms with E-state index in [1.807, 2.05) is 6.92 Å². The van der Waals surface area contributed by atoms with Crippen LogP contribution in [0.2, 0.25) is 0 Å². The van der Waals surface area contributed by atoms with E-state index < -0.39 is 0 Å². The summed E-state index contributed by atoms with van der Waals surface area (Å²) in [5, 5.41) is 3.24. The summed E-state index contributed by atoms with van der Waals surface area (Å²) in [6, 6.07) is 0.600. The van der Waals surface area contributed by atoms with Gasteiger partial charge in [-0.15, -0.1) is 0 Å². The predicted molar refractivity (Wildman–Crippen MR) is 43.2 cm³/mol. The van der Waals surface area contributed by atoms with E-state index in [-0.39, 0.29) is 11.9 Å². The summed E-state index contributed by atoms with van der Waals surface area (Å²) in [5.74, 6) is 0.728. The van der Waals surface area contributed by atoms with Gasteiger partial charge in [-0.05, 0) is 25.7 Å². The van der Waals surface area contributed by atoms with Crippen molar-refractivity contribution in [3.63, 3.8) is 0 Å². The first-order chi connectivity index (χ1) is 5.81. The third kappa shape index (κ3) is 1.44. The number of amides is 1. The fraction of sp³-hybridized carbons (Fsp3) is 0.875. The lowest BCUT2D eigenvalue weighted by molar-refractivity contribution is -0.135. The Morgan fingerprint density at radius 2 is 2.50 bits per heavy atom. The maximum atomic E-state index is 11.3. The Labute approximate surface area is 71.6 Å². The van der Waals surface area contributed by atoms with E-state index in [9.17, 15) is 4.79 Å². The number of fused-ring (bicyclic) bond motifs is 1. The molecule has 1 aliphatic heterocycles. The van der Waals surface area contributed by atoms with Crippen molar-refractivity contribution in [3.8, 4) is 0 Å². The topological polar surface area (TPSA) is 50.4 Å². The molecule has 1 saturated carbocycles. The van der Waals surface area contributed by atoms with Gasteiger partial charge in [-0.1, -0.05) is 0 Å². The van der Waals surface area contributed by atoms with Crippen LogP contribution in [0.5, 0.6) is 0 Å². The molecule has 0 radical (unpaired) electrons. The summed E-state index contributed by atoms with van der Waals surface area (Å²) in [6.45, 7) is 2.37. The molecule has 0 aromatic heterocycles. The number of hydroxylamine groups is 1. The molecule has 3 atom stereocenters. The fourth-order valence-corrected chi connectivity index (χ4v) is 1.74. The van der Waals surface area contributed by atoms with E-state index >= 15 is 0 Å². The first-order valence-corrected chi connectivity index (χ1v) is 4.49. The molecule has 0 bridgehead atoms. The van der Waals surface area contributed by atoms with Crippen molar-refractivity contribution in [2.24, 2.45) is 5.92 Å². The lowest BCUT2D eigenvalue weighted by Gasteiger charge is -2.11. The van der Waals surface area contributed by atoms with Gasteiger partial charge in [0.25, 0.3) is 5.91 Å². The van der Waals surface area contributed by atoms with Crippen LogP contribution < -0.4 is 10.8 Å². The molecular formula is C8H14N2O2. The van der Waals surface area contributed by atoms with Gasteiger partial charge in [-0.3, -0.25) is 9.63 Å². The van der Waals surface area contributed by atoms with Crippen LogP contribution in [0.3, 0.4) is 0 Å². The lowest BCUT2D eigenvalue weighted by atomic mass is 10.2. The molecule has 0 aromatic rings. The molecule has 1 amide bonds. The molecular weight excluding hydrogens is 156 g/mol. The molecule has 4 nitrogen and oxygen atoms in total. The number of hydrogen-bond donors (Lipinski definition) is 2. The molecule has 12 heavy (non-hydrogen) atoms. The minimum absolute atomic E-state index is 0.0136. The summed E-state index contributed by atoms with van der Waals surface area (Å²) < 4.78 is 0. The minimum atomic E-state index is -0.0240. The van der Waals surface area contributed by atoms with Crippen molar-refractivity contribution in [2.75, 3.05) is 6.61 Å². The molecule has 2 N–H and O–H groups in total. The zero-order valence-electron chi connectivity index (χ0n) is 7.17. The molecule has 0 unspecified atom stereocenters. The first kappa shape index (κ1) is 8.01. The molecule has 2 aliphatic rings. The van der Waals surface area contributed by atoms with E-state index in [2.05, 4.69) is 10.8 Å². The highest BCUT2D eigenvalue weighted by atomic mass is 16.6. The van der Waals surface area contributed by atoms with E-state index in [1.54, 1.807) is 0 Å². The predicted octanol–water partition coefficient (Wildman–Crippen LogP) is -0.195. The van der Waals surface area contributed by atoms with Gasteiger partial charge in [-0.25, -0.2) is 5.48 Å². The van der Waals surface area contributed by atoms with Gasteiger partial charge in [0.05, 0.1) is 12.6 Å². The SMILES string of the molecule is CCONC(=O)[C@@H]1C[C@H]2C[C@H]2N1. The normalized spacial score (nSPS) is 37.6. The third-order valence-electron chi connectivity index (χ3n) is 2.51. The number of carbonyl (C=O) groups excluding carboxylic acids is 1. The van der Waals surface area contributed by atoms with Gasteiger partial charge in [0.2, 0.25) is 0 Å². The van der Waals surface area contributed by atoms with Crippen LogP contribution in [0.25, 0.3) is 0 Å².